The first kappa shape index (κ1) is 17.4. The second-order valence-electron chi connectivity index (χ2n) is 6.03. The van der Waals surface area contributed by atoms with Gasteiger partial charge in [-0.25, -0.2) is 9.78 Å². The van der Waals surface area contributed by atoms with Crippen molar-refractivity contribution in [2.45, 2.75) is 32.6 Å². The Morgan fingerprint density at radius 1 is 1.39 bits per heavy atom. The molecule has 1 saturated heterocycles. The molecule has 126 valence electrons. The van der Waals surface area contributed by atoms with Crippen molar-refractivity contribution in [1.29, 1.82) is 0 Å². The van der Waals surface area contributed by atoms with E-state index in [9.17, 15) is 9.59 Å². The first-order valence-corrected chi connectivity index (χ1v) is 8.02. The number of hydrogen-bond acceptors (Lipinski definition) is 4. The molecule has 0 bridgehead atoms. The number of likely N-dealkylation sites (tertiary alicyclic amines) is 1. The highest BCUT2D eigenvalue weighted by atomic mass is 16.5. The zero-order valence-electron chi connectivity index (χ0n) is 13.7. The molecule has 1 aliphatic heterocycles. The van der Waals surface area contributed by atoms with Crippen LogP contribution < -0.4 is 0 Å². The highest BCUT2D eigenvalue weighted by molar-refractivity contribution is 5.94. The number of amides is 1. The van der Waals surface area contributed by atoms with Gasteiger partial charge in [0.05, 0.1) is 11.3 Å². The molecule has 0 spiro atoms. The topological polar surface area (TPSA) is 79.7 Å². The highest BCUT2D eigenvalue weighted by Crippen LogP contribution is 2.21. The first-order chi connectivity index (χ1) is 11.0. The molecule has 1 N–H and O–H groups in total. The number of nitrogens with zero attached hydrogens (tertiary/aromatic N) is 2. The molecule has 23 heavy (non-hydrogen) atoms. The second kappa shape index (κ2) is 8.06. The van der Waals surface area contributed by atoms with E-state index in [1.165, 1.54) is 12.1 Å². The van der Waals surface area contributed by atoms with Gasteiger partial charge in [-0.3, -0.25) is 4.79 Å². The van der Waals surface area contributed by atoms with Gasteiger partial charge in [0.1, 0.15) is 5.69 Å². The number of aromatic carboxylic acids is 1. The fraction of sp³-hybridized carbons (Fsp3) is 0.588. The van der Waals surface area contributed by atoms with Crippen LogP contribution in [0, 0.1) is 12.8 Å². The predicted octanol–water partition coefficient (Wildman–Crippen LogP) is 2.37. The molecule has 1 fully saturated rings. The fourth-order valence-corrected chi connectivity index (χ4v) is 3.00. The molecule has 0 aliphatic carbocycles. The van der Waals surface area contributed by atoms with Crippen LogP contribution in [0.3, 0.4) is 0 Å². The number of rotatable bonds is 5. The van der Waals surface area contributed by atoms with Crippen LogP contribution in [0.4, 0.5) is 0 Å². The van der Waals surface area contributed by atoms with Crippen LogP contribution in [-0.2, 0) is 4.74 Å². The molecule has 6 nitrogen and oxygen atoms in total. The molecule has 2 rings (SSSR count). The van der Waals surface area contributed by atoms with Crippen molar-refractivity contribution >= 4 is 11.9 Å². The van der Waals surface area contributed by atoms with Gasteiger partial charge >= 0.3 is 5.97 Å². The smallest absolute Gasteiger partial charge is 0.337 e. The highest BCUT2D eigenvalue weighted by Gasteiger charge is 2.24. The van der Waals surface area contributed by atoms with Gasteiger partial charge in [-0.15, -0.1) is 0 Å². The normalized spacial score (nSPS) is 18.5. The van der Waals surface area contributed by atoms with Gasteiger partial charge in [-0.05, 0) is 44.2 Å². The predicted molar refractivity (Wildman–Crippen MR) is 85.7 cm³/mol. The van der Waals surface area contributed by atoms with E-state index in [0.717, 1.165) is 32.2 Å². The van der Waals surface area contributed by atoms with Gasteiger partial charge in [-0.1, -0.05) is 6.42 Å². The van der Waals surface area contributed by atoms with E-state index in [1.54, 1.807) is 14.0 Å². The molecule has 1 aromatic rings. The Morgan fingerprint density at radius 3 is 2.83 bits per heavy atom. The van der Waals surface area contributed by atoms with Crippen LogP contribution >= 0.6 is 0 Å². The molecule has 0 saturated carbocycles. The molecular weight excluding hydrogens is 296 g/mol. The number of carboxylic acids is 1. The minimum absolute atomic E-state index is 0.116. The van der Waals surface area contributed by atoms with E-state index in [4.69, 9.17) is 9.84 Å². The van der Waals surface area contributed by atoms with E-state index in [2.05, 4.69) is 4.98 Å². The summed E-state index contributed by atoms with van der Waals surface area (Å²) in [5, 5.41) is 9.05. The van der Waals surface area contributed by atoms with Gasteiger partial charge in [0.25, 0.3) is 5.91 Å². The number of carbonyl (C=O) groups excluding carboxylic acids is 1. The van der Waals surface area contributed by atoms with Crippen molar-refractivity contribution in [3.63, 3.8) is 0 Å². The minimum Gasteiger partial charge on any atom is -0.478 e. The third-order valence-electron chi connectivity index (χ3n) is 4.32. The van der Waals surface area contributed by atoms with E-state index in [-0.39, 0.29) is 11.5 Å². The number of methoxy groups -OCH3 is 1. The van der Waals surface area contributed by atoms with Crippen LogP contribution in [0.15, 0.2) is 12.1 Å². The quantitative estimate of drug-likeness (QED) is 0.901. The van der Waals surface area contributed by atoms with Crippen molar-refractivity contribution in [3.8, 4) is 0 Å². The average molecular weight is 320 g/mol. The van der Waals surface area contributed by atoms with E-state index < -0.39 is 5.97 Å². The molecule has 6 heteroatoms. The summed E-state index contributed by atoms with van der Waals surface area (Å²) < 4.78 is 5.15. The maximum absolute atomic E-state index is 12.7. The van der Waals surface area contributed by atoms with E-state index in [1.807, 2.05) is 4.90 Å². The van der Waals surface area contributed by atoms with Gasteiger partial charge in [0, 0.05) is 26.8 Å². The standard InChI is InChI=1S/C17H24N2O4/c1-12-14(17(21)22)6-7-15(18-12)16(20)19-9-4-3-5-13(11-19)8-10-23-2/h6-7,13H,3-5,8-11H2,1-2H3,(H,21,22). The summed E-state index contributed by atoms with van der Waals surface area (Å²) in [6.07, 6.45) is 4.16. The lowest BCUT2D eigenvalue weighted by Gasteiger charge is -2.24. The Balaban J connectivity index is 2.11. The molecular formula is C17H24N2O4. The zero-order chi connectivity index (χ0) is 16.8. The number of ether oxygens (including phenoxy) is 1. The van der Waals surface area contributed by atoms with Crippen LogP contribution in [0.5, 0.6) is 0 Å². The maximum Gasteiger partial charge on any atom is 0.337 e. The Morgan fingerprint density at radius 2 is 2.17 bits per heavy atom. The number of hydrogen-bond donors (Lipinski definition) is 1. The van der Waals surface area contributed by atoms with Crippen LogP contribution in [0.1, 0.15) is 52.2 Å². The number of aryl methyl sites for hydroxylation is 1. The molecule has 0 radical (unpaired) electrons. The SMILES string of the molecule is COCCC1CCCCN(C(=O)c2ccc(C(=O)O)c(C)n2)C1. The summed E-state index contributed by atoms with van der Waals surface area (Å²) in [6.45, 7) is 3.76. The number of carboxylic acid groups (broad SMARTS) is 1. The third kappa shape index (κ3) is 4.51. The van der Waals surface area contributed by atoms with Gasteiger partial charge < -0.3 is 14.7 Å². The van der Waals surface area contributed by atoms with Crippen LogP contribution in [0.2, 0.25) is 0 Å². The van der Waals surface area contributed by atoms with Gasteiger partial charge in [-0.2, -0.15) is 0 Å². The summed E-state index contributed by atoms with van der Waals surface area (Å²) in [6, 6.07) is 2.96. The van der Waals surface area contributed by atoms with Crippen molar-refractivity contribution in [2.75, 3.05) is 26.8 Å². The van der Waals surface area contributed by atoms with Crippen LogP contribution in [-0.4, -0.2) is 53.7 Å². The monoisotopic (exact) mass is 320 g/mol. The lowest BCUT2D eigenvalue weighted by molar-refractivity contribution is 0.0688. The van der Waals surface area contributed by atoms with Crippen molar-refractivity contribution in [1.82, 2.24) is 9.88 Å². The summed E-state index contributed by atoms with van der Waals surface area (Å²) in [4.78, 5) is 29.8. The summed E-state index contributed by atoms with van der Waals surface area (Å²) in [5.74, 6) is -0.696. The lowest BCUT2D eigenvalue weighted by Crippen LogP contribution is -2.35. The summed E-state index contributed by atoms with van der Waals surface area (Å²) in [5.41, 5.74) is 0.824. The molecule has 2 heterocycles. The Hall–Kier alpha value is -1.95. The Labute approximate surface area is 136 Å². The average Bonchev–Trinajstić information content (AvgIpc) is 2.77. The lowest BCUT2D eigenvalue weighted by atomic mass is 10.00. The molecule has 0 aromatic carbocycles. The van der Waals surface area contributed by atoms with Crippen molar-refractivity contribution in [2.24, 2.45) is 5.92 Å². The zero-order valence-corrected chi connectivity index (χ0v) is 13.7. The summed E-state index contributed by atoms with van der Waals surface area (Å²) >= 11 is 0. The number of pyridine rings is 1. The van der Waals surface area contributed by atoms with E-state index in [0.29, 0.717) is 30.5 Å². The molecule has 1 amide bonds. The maximum atomic E-state index is 12.7. The Kier molecular flexibility index (Phi) is 6.10. The van der Waals surface area contributed by atoms with Gasteiger partial charge in [0.15, 0.2) is 0 Å². The van der Waals surface area contributed by atoms with E-state index >= 15 is 0 Å². The second-order valence-corrected chi connectivity index (χ2v) is 6.03. The number of aromatic nitrogens is 1. The fourth-order valence-electron chi connectivity index (χ4n) is 3.00. The third-order valence-corrected chi connectivity index (χ3v) is 4.32. The molecule has 1 aliphatic rings. The minimum atomic E-state index is -1.02. The number of carbonyl (C=O) groups is 2. The molecule has 1 atom stereocenters. The van der Waals surface area contributed by atoms with Crippen LogP contribution in [0.25, 0.3) is 0 Å². The van der Waals surface area contributed by atoms with Gasteiger partial charge in [0.2, 0.25) is 0 Å². The first-order valence-electron chi connectivity index (χ1n) is 8.02. The largest absolute Gasteiger partial charge is 0.478 e. The van der Waals surface area contributed by atoms with Crippen molar-refractivity contribution in [3.05, 3.63) is 29.1 Å². The molecule has 1 unspecified atom stereocenters. The molecule has 1 aromatic heterocycles. The summed E-state index contributed by atoms with van der Waals surface area (Å²) in [7, 11) is 1.69. The Bertz CT molecular complexity index is 574. The van der Waals surface area contributed by atoms with Crippen molar-refractivity contribution < 1.29 is 19.4 Å².